The molecule has 2 aliphatic rings. The molecular formula is C22H23ClFN5O3S. The second-order valence-corrected chi connectivity index (χ2v) is 11.9. The molecule has 5 N–H and O–H groups in total. The number of nitrogens with two attached hydrogens (primary N) is 1. The Balaban J connectivity index is 1.61. The summed E-state index contributed by atoms with van der Waals surface area (Å²) in [6, 6.07) is 8.01. The number of pyridine rings is 2. The Morgan fingerprint density at radius 3 is 2.82 bits per heavy atom. The fraction of sp³-hybridized carbons (Fsp3) is 0.318. The van der Waals surface area contributed by atoms with Crippen molar-refractivity contribution in [1.82, 2.24) is 9.97 Å². The maximum atomic E-state index is 15.2. The average Bonchev–Trinajstić information content (AvgIpc) is 3.19. The first-order chi connectivity index (χ1) is 15.6. The fourth-order valence-electron chi connectivity index (χ4n) is 4.39. The van der Waals surface area contributed by atoms with Gasteiger partial charge in [0.15, 0.2) is 5.82 Å². The minimum absolute atomic E-state index is 0.0166. The van der Waals surface area contributed by atoms with Gasteiger partial charge in [0.25, 0.3) is 0 Å². The molecule has 0 radical (unpaired) electrons. The minimum Gasteiger partial charge on any atom is -0.386 e. The quantitative estimate of drug-likeness (QED) is 0.419. The molecule has 11 heteroatoms. The Hall–Kier alpha value is -2.50. The molecule has 5 rings (SSSR count). The van der Waals surface area contributed by atoms with E-state index in [-0.39, 0.29) is 24.6 Å². The van der Waals surface area contributed by atoms with E-state index in [1.807, 2.05) is 0 Å². The van der Waals surface area contributed by atoms with Crippen molar-refractivity contribution in [3.8, 4) is 0 Å². The molecule has 1 fully saturated rings. The summed E-state index contributed by atoms with van der Waals surface area (Å²) in [7, 11) is -3.32. The third-order valence-corrected chi connectivity index (χ3v) is 9.71. The lowest BCUT2D eigenvalue weighted by Gasteiger charge is -2.56. The van der Waals surface area contributed by atoms with Gasteiger partial charge in [0, 0.05) is 29.0 Å². The zero-order valence-corrected chi connectivity index (χ0v) is 19.5. The van der Waals surface area contributed by atoms with Crippen LogP contribution in [-0.4, -0.2) is 48.1 Å². The number of amidine groups is 1. The Morgan fingerprint density at radius 1 is 1.24 bits per heavy atom. The van der Waals surface area contributed by atoms with Gasteiger partial charge < -0.3 is 15.8 Å². The van der Waals surface area contributed by atoms with Crippen molar-refractivity contribution in [3.63, 3.8) is 0 Å². The van der Waals surface area contributed by atoms with Gasteiger partial charge in [0.05, 0.1) is 18.2 Å². The molecule has 33 heavy (non-hydrogen) atoms. The van der Waals surface area contributed by atoms with Crippen LogP contribution in [0.1, 0.15) is 19.4 Å². The number of rotatable bonds is 3. The first-order valence-electron chi connectivity index (χ1n) is 10.2. The number of hydrogen-bond donors (Lipinski definition) is 4. The molecule has 0 amide bonds. The van der Waals surface area contributed by atoms with Crippen LogP contribution in [0.15, 0.2) is 47.7 Å². The number of aliphatic imine (C=N–C) groups is 1. The second kappa shape index (κ2) is 7.51. The Morgan fingerprint density at radius 2 is 2.03 bits per heavy atom. The van der Waals surface area contributed by atoms with E-state index in [0.29, 0.717) is 22.0 Å². The van der Waals surface area contributed by atoms with Crippen molar-refractivity contribution in [3.05, 3.63) is 59.1 Å². The van der Waals surface area contributed by atoms with Gasteiger partial charge in [-0.05, 0) is 44.2 Å². The molecule has 1 saturated heterocycles. The van der Waals surface area contributed by atoms with Gasteiger partial charge in [-0.3, -0.25) is 19.1 Å². The zero-order valence-electron chi connectivity index (χ0n) is 17.9. The van der Waals surface area contributed by atoms with E-state index in [4.69, 9.17) is 22.1 Å². The summed E-state index contributed by atoms with van der Waals surface area (Å²) in [6.07, 6.45) is 3.15. The lowest BCUT2D eigenvalue weighted by atomic mass is 9.87. The molecule has 2 aromatic heterocycles. The van der Waals surface area contributed by atoms with Gasteiger partial charge in [-0.15, -0.1) is 0 Å². The lowest BCUT2D eigenvalue weighted by molar-refractivity contribution is 0.178. The van der Waals surface area contributed by atoms with Crippen LogP contribution < -0.4 is 11.1 Å². The number of halogens is 2. The highest BCUT2D eigenvalue weighted by Gasteiger charge is 2.61. The van der Waals surface area contributed by atoms with E-state index in [0.717, 1.165) is 5.39 Å². The van der Waals surface area contributed by atoms with Gasteiger partial charge in [0.1, 0.15) is 32.7 Å². The topological polar surface area (TPSA) is 126 Å². The van der Waals surface area contributed by atoms with Crippen molar-refractivity contribution in [2.24, 2.45) is 10.7 Å². The van der Waals surface area contributed by atoms with Crippen LogP contribution >= 0.6 is 22.2 Å². The van der Waals surface area contributed by atoms with E-state index in [9.17, 15) is 9.11 Å². The van der Waals surface area contributed by atoms with Crippen molar-refractivity contribution >= 4 is 50.4 Å². The number of aromatic nitrogens is 2. The molecule has 0 aliphatic carbocycles. The monoisotopic (exact) mass is 491 g/mol. The largest absolute Gasteiger partial charge is 0.386 e. The molecular weight excluding hydrogens is 469 g/mol. The minimum atomic E-state index is -3.32. The summed E-state index contributed by atoms with van der Waals surface area (Å²) < 4.78 is 42.0. The second-order valence-electron chi connectivity index (χ2n) is 8.73. The van der Waals surface area contributed by atoms with Crippen LogP contribution in [0.5, 0.6) is 0 Å². The third kappa shape index (κ3) is 3.28. The maximum Gasteiger partial charge on any atom is 0.156 e. The molecule has 2 atom stereocenters. The molecule has 2 aliphatic heterocycles. The van der Waals surface area contributed by atoms with Crippen LogP contribution in [0.4, 0.5) is 15.9 Å². The maximum absolute atomic E-state index is 15.2. The molecule has 1 unspecified atom stereocenters. The van der Waals surface area contributed by atoms with Crippen LogP contribution in [0.25, 0.3) is 10.9 Å². The molecule has 8 nitrogen and oxygen atoms in total. The Kier molecular flexibility index (Phi) is 5.07. The highest BCUT2D eigenvalue weighted by molar-refractivity contribution is 8.26. The summed E-state index contributed by atoms with van der Waals surface area (Å²) in [4.78, 5) is 13.3. The third-order valence-electron chi connectivity index (χ3n) is 6.47. The number of nitrogens with zero attached hydrogens (tertiary/aromatic N) is 3. The Bertz CT molecular complexity index is 1300. The number of fused-ring (bicyclic) bond motifs is 2. The predicted molar refractivity (Wildman–Crippen MR) is 129 cm³/mol. The molecule has 1 aromatic carbocycles. The highest BCUT2D eigenvalue weighted by Crippen LogP contribution is 2.66. The van der Waals surface area contributed by atoms with Gasteiger partial charge in [-0.25, -0.2) is 9.37 Å². The smallest absolute Gasteiger partial charge is 0.156 e. The molecule has 0 spiro atoms. The van der Waals surface area contributed by atoms with Crippen molar-refractivity contribution in [2.45, 2.75) is 29.4 Å². The van der Waals surface area contributed by atoms with E-state index >= 15 is 4.39 Å². The van der Waals surface area contributed by atoms with Gasteiger partial charge >= 0.3 is 0 Å². The summed E-state index contributed by atoms with van der Waals surface area (Å²) in [5.41, 5.74) is 6.13. The summed E-state index contributed by atoms with van der Waals surface area (Å²) in [6.45, 7) is 3.28. The van der Waals surface area contributed by atoms with E-state index in [2.05, 4.69) is 20.3 Å². The standard InChI is InChI=1S/C22H23ClFN5O3S/c1-21(2)20(25)29-22(11-32-10-17(22)33(21,30)31)15-8-14(3-4-16(15)24)28-19-18-12(5-6-26-19)7-13(23)9-27-18/h3-9,17,30-31H,10-11H2,1-2H3,(H2,25,29)(H,26,28)/t17-,22?/m1/s1. The highest BCUT2D eigenvalue weighted by atomic mass is 35.5. The van der Waals surface area contributed by atoms with Crippen LogP contribution in [0.3, 0.4) is 0 Å². The molecule has 174 valence electrons. The number of hydrogen-bond acceptors (Lipinski definition) is 8. The summed E-state index contributed by atoms with van der Waals surface area (Å²) in [5.74, 6) is -0.0207. The van der Waals surface area contributed by atoms with Crippen LogP contribution in [0, 0.1) is 5.82 Å². The van der Waals surface area contributed by atoms with E-state index < -0.39 is 31.9 Å². The normalized spacial score (nSPS) is 26.5. The van der Waals surface area contributed by atoms with Crippen molar-refractivity contribution < 1.29 is 18.2 Å². The Labute approximate surface area is 196 Å². The first kappa shape index (κ1) is 22.3. The molecule has 4 heterocycles. The number of benzene rings is 1. The van der Waals surface area contributed by atoms with Crippen LogP contribution in [-0.2, 0) is 10.3 Å². The number of nitrogens with one attached hydrogen (secondary N) is 1. The summed E-state index contributed by atoms with van der Waals surface area (Å²) >= 11 is 6.04. The molecule has 0 saturated carbocycles. The SMILES string of the molecule is CC1(C)C(N)=NC2(c3cc(Nc4nccc5cc(Cl)cnc45)ccc3F)COC[C@H]2S1(O)O. The van der Waals surface area contributed by atoms with Crippen molar-refractivity contribution in [1.29, 1.82) is 0 Å². The average molecular weight is 492 g/mol. The number of ether oxygens (including phenoxy) is 1. The number of anilines is 2. The fourth-order valence-corrected chi connectivity index (χ4v) is 6.70. The van der Waals surface area contributed by atoms with Crippen molar-refractivity contribution in [2.75, 3.05) is 18.5 Å². The first-order valence-corrected chi connectivity index (χ1v) is 12.2. The zero-order chi connectivity index (χ0) is 23.6. The van der Waals surface area contributed by atoms with Gasteiger partial charge in [-0.2, -0.15) is 10.6 Å². The molecule has 0 bridgehead atoms. The van der Waals surface area contributed by atoms with E-state index in [1.165, 1.54) is 12.3 Å². The van der Waals surface area contributed by atoms with Crippen LogP contribution in [0.2, 0.25) is 5.02 Å². The lowest BCUT2D eigenvalue weighted by Crippen LogP contribution is -2.57. The predicted octanol–water partition coefficient (Wildman–Crippen LogP) is 4.66. The van der Waals surface area contributed by atoms with Gasteiger partial charge in [-0.1, -0.05) is 11.6 Å². The summed E-state index contributed by atoms with van der Waals surface area (Å²) in [5, 5.41) is 3.64. The van der Waals surface area contributed by atoms with E-state index in [1.54, 1.807) is 44.3 Å². The van der Waals surface area contributed by atoms with Gasteiger partial charge in [0.2, 0.25) is 0 Å². The molecule has 3 aromatic rings.